The molecule has 0 N–H and O–H groups in total. The number of carbonyl (C=O) groups excluding carboxylic acids is 2. The molecule has 1 aromatic heterocycles. The second-order valence-electron chi connectivity index (χ2n) is 7.90. The van der Waals surface area contributed by atoms with E-state index in [1.807, 2.05) is 31.2 Å². The van der Waals surface area contributed by atoms with Gasteiger partial charge in [0.2, 0.25) is 0 Å². The van der Waals surface area contributed by atoms with E-state index in [4.69, 9.17) is 9.47 Å². The fourth-order valence-corrected chi connectivity index (χ4v) is 3.13. The molecule has 1 unspecified atom stereocenters. The maximum atomic E-state index is 12.0. The number of unbranched alkanes of at least 4 members (excludes halogenated alkanes) is 2. The first-order valence-corrected chi connectivity index (χ1v) is 11.6. The summed E-state index contributed by atoms with van der Waals surface area (Å²) < 4.78 is 10.7. The number of ether oxygens (including phenoxy) is 2. The zero-order valence-electron chi connectivity index (χ0n) is 19.5. The highest BCUT2D eigenvalue weighted by Crippen LogP contribution is 2.21. The predicted octanol–water partition coefficient (Wildman–Crippen LogP) is 6.45. The number of rotatable bonds is 13. The number of allylic oxidation sites excluding steroid dienone is 2. The van der Waals surface area contributed by atoms with Gasteiger partial charge in [0, 0.05) is 18.4 Å². The van der Waals surface area contributed by atoms with Gasteiger partial charge in [0.25, 0.3) is 0 Å². The molecular weight excluding hydrogens is 402 g/mol. The zero-order valence-corrected chi connectivity index (χ0v) is 19.5. The van der Waals surface area contributed by atoms with Gasteiger partial charge in [-0.05, 0) is 50.3 Å². The Balaban J connectivity index is 1.80. The van der Waals surface area contributed by atoms with Crippen molar-refractivity contribution in [2.24, 2.45) is 0 Å². The molecule has 0 aliphatic heterocycles. The van der Waals surface area contributed by atoms with Crippen molar-refractivity contribution in [3.8, 4) is 17.0 Å². The first-order chi connectivity index (χ1) is 15.5. The van der Waals surface area contributed by atoms with Crippen molar-refractivity contribution in [1.29, 1.82) is 0 Å². The number of aromatic nitrogens is 1. The molecule has 0 aliphatic carbocycles. The summed E-state index contributed by atoms with van der Waals surface area (Å²) in [6.07, 6.45) is 12.2. The van der Waals surface area contributed by atoms with Gasteiger partial charge < -0.3 is 9.47 Å². The summed E-state index contributed by atoms with van der Waals surface area (Å²) in [6, 6.07) is 11.8. The first-order valence-electron chi connectivity index (χ1n) is 11.6. The highest BCUT2D eigenvalue weighted by atomic mass is 16.5. The fraction of sp³-hybridized carbons (Fsp3) is 0.444. The molecule has 2 aromatic rings. The molecule has 0 saturated heterocycles. The summed E-state index contributed by atoms with van der Waals surface area (Å²) in [5, 5.41) is 0. The van der Waals surface area contributed by atoms with Crippen LogP contribution in [0, 0.1) is 0 Å². The number of esters is 2. The van der Waals surface area contributed by atoms with E-state index in [1.54, 1.807) is 19.2 Å². The highest BCUT2D eigenvalue weighted by molar-refractivity contribution is 5.72. The zero-order chi connectivity index (χ0) is 23.2. The first kappa shape index (κ1) is 25.3. The number of hydrogen-bond acceptors (Lipinski definition) is 5. The molecule has 0 saturated carbocycles. The van der Waals surface area contributed by atoms with Gasteiger partial charge in [-0.25, -0.2) is 0 Å². The van der Waals surface area contributed by atoms with E-state index in [2.05, 4.69) is 30.1 Å². The van der Waals surface area contributed by atoms with E-state index in [0.29, 0.717) is 25.0 Å². The van der Waals surface area contributed by atoms with Gasteiger partial charge in [0.15, 0.2) is 0 Å². The molecule has 0 aliphatic rings. The topological polar surface area (TPSA) is 65.5 Å². The van der Waals surface area contributed by atoms with Crippen LogP contribution in [0.5, 0.6) is 5.75 Å². The third-order valence-electron chi connectivity index (χ3n) is 5.08. The molecule has 1 aromatic carbocycles. The Labute approximate surface area is 191 Å². The Bertz CT molecular complexity index is 856. The van der Waals surface area contributed by atoms with Crippen LogP contribution in [0.15, 0.2) is 54.7 Å². The summed E-state index contributed by atoms with van der Waals surface area (Å²) in [7, 11) is 0. The van der Waals surface area contributed by atoms with Crippen LogP contribution in [0.4, 0.5) is 0 Å². The van der Waals surface area contributed by atoms with Crippen molar-refractivity contribution in [3.63, 3.8) is 0 Å². The van der Waals surface area contributed by atoms with Crippen LogP contribution in [0.25, 0.3) is 11.3 Å². The molecular formula is C27H35NO4. The lowest BCUT2D eigenvalue weighted by molar-refractivity contribution is -0.148. The minimum absolute atomic E-state index is 0.0869. The van der Waals surface area contributed by atoms with Crippen LogP contribution in [-0.4, -0.2) is 23.0 Å². The third kappa shape index (κ3) is 9.46. The lowest BCUT2D eigenvalue weighted by atomic mass is 10.0. The van der Waals surface area contributed by atoms with Gasteiger partial charge in [-0.3, -0.25) is 14.6 Å². The normalized spacial score (nSPS) is 12.0. The van der Waals surface area contributed by atoms with Gasteiger partial charge >= 0.3 is 11.9 Å². The van der Waals surface area contributed by atoms with Gasteiger partial charge in [0.05, 0.1) is 18.0 Å². The molecule has 32 heavy (non-hydrogen) atoms. The fourth-order valence-electron chi connectivity index (χ4n) is 3.13. The molecule has 1 atom stereocenters. The maximum Gasteiger partial charge on any atom is 0.311 e. The minimum Gasteiger partial charge on any atom is -0.463 e. The Kier molecular flexibility index (Phi) is 11.2. The summed E-state index contributed by atoms with van der Waals surface area (Å²) in [6.45, 7) is 5.88. The lowest BCUT2D eigenvalue weighted by Gasteiger charge is -2.12. The maximum absolute atomic E-state index is 12.0. The lowest BCUT2D eigenvalue weighted by Crippen LogP contribution is -2.14. The van der Waals surface area contributed by atoms with E-state index in [9.17, 15) is 9.59 Å². The van der Waals surface area contributed by atoms with Gasteiger partial charge in [-0.1, -0.05) is 63.1 Å². The average molecular weight is 438 g/mol. The average Bonchev–Trinajstić information content (AvgIpc) is 2.81. The van der Waals surface area contributed by atoms with Crippen LogP contribution in [0.1, 0.15) is 71.3 Å². The van der Waals surface area contributed by atoms with Crippen LogP contribution in [0.2, 0.25) is 0 Å². The van der Waals surface area contributed by atoms with Crippen molar-refractivity contribution in [2.45, 2.75) is 78.2 Å². The summed E-state index contributed by atoms with van der Waals surface area (Å²) >= 11 is 0. The van der Waals surface area contributed by atoms with E-state index in [0.717, 1.165) is 30.5 Å². The Hall–Kier alpha value is -2.95. The van der Waals surface area contributed by atoms with Crippen molar-refractivity contribution in [1.82, 2.24) is 4.98 Å². The second kappa shape index (κ2) is 14.2. The standard InChI is InChI=1S/C27H35NO4/c1-4-6-7-8-9-10-11-27(30)32-24-18-19-25(28-20-24)23-16-14-22(15-17-23)13-12-21(3)31-26(29)5-2/h8-9,14-21H,4-7,10-13H2,1-3H3/b9-8+. The summed E-state index contributed by atoms with van der Waals surface area (Å²) in [5.74, 6) is 0.0520. The number of hydrogen-bond donors (Lipinski definition) is 0. The Morgan fingerprint density at radius 3 is 2.41 bits per heavy atom. The Morgan fingerprint density at radius 1 is 1.00 bits per heavy atom. The molecule has 0 fully saturated rings. The SMILES string of the molecule is CCCC/C=C/CCC(=O)Oc1ccc(-c2ccc(CCC(C)OC(=O)CC)cc2)nc1. The van der Waals surface area contributed by atoms with E-state index in [-0.39, 0.29) is 18.0 Å². The largest absolute Gasteiger partial charge is 0.463 e. The molecule has 0 amide bonds. The predicted molar refractivity (Wildman–Crippen MR) is 127 cm³/mol. The smallest absolute Gasteiger partial charge is 0.311 e. The number of pyridine rings is 1. The Morgan fingerprint density at radius 2 is 1.75 bits per heavy atom. The van der Waals surface area contributed by atoms with Gasteiger partial charge in [0.1, 0.15) is 5.75 Å². The molecule has 5 nitrogen and oxygen atoms in total. The quantitative estimate of drug-likeness (QED) is 0.204. The van der Waals surface area contributed by atoms with E-state index < -0.39 is 0 Å². The van der Waals surface area contributed by atoms with Crippen molar-refractivity contribution in [2.75, 3.05) is 0 Å². The third-order valence-corrected chi connectivity index (χ3v) is 5.08. The number of carbonyl (C=O) groups is 2. The molecule has 0 spiro atoms. The van der Waals surface area contributed by atoms with Crippen molar-refractivity contribution in [3.05, 3.63) is 60.3 Å². The van der Waals surface area contributed by atoms with E-state index >= 15 is 0 Å². The molecule has 2 rings (SSSR count). The number of nitrogens with zero attached hydrogens (tertiary/aromatic N) is 1. The van der Waals surface area contributed by atoms with Crippen molar-refractivity contribution >= 4 is 11.9 Å². The van der Waals surface area contributed by atoms with Crippen LogP contribution < -0.4 is 4.74 Å². The van der Waals surface area contributed by atoms with Crippen LogP contribution in [0.3, 0.4) is 0 Å². The van der Waals surface area contributed by atoms with Crippen LogP contribution in [-0.2, 0) is 20.7 Å². The number of aryl methyl sites for hydroxylation is 1. The highest BCUT2D eigenvalue weighted by Gasteiger charge is 2.09. The molecule has 1 heterocycles. The summed E-state index contributed by atoms with van der Waals surface area (Å²) in [5.41, 5.74) is 3.00. The molecule has 172 valence electrons. The van der Waals surface area contributed by atoms with Gasteiger partial charge in [-0.15, -0.1) is 0 Å². The van der Waals surface area contributed by atoms with Gasteiger partial charge in [-0.2, -0.15) is 0 Å². The van der Waals surface area contributed by atoms with Crippen LogP contribution >= 0.6 is 0 Å². The molecule has 0 bridgehead atoms. The number of benzene rings is 1. The molecule has 0 radical (unpaired) electrons. The summed E-state index contributed by atoms with van der Waals surface area (Å²) in [4.78, 5) is 27.7. The minimum atomic E-state index is -0.247. The van der Waals surface area contributed by atoms with Crippen molar-refractivity contribution < 1.29 is 19.1 Å². The van der Waals surface area contributed by atoms with E-state index in [1.165, 1.54) is 18.4 Å². The second-order valence-corrected chi connectivity index (χ2v) is 7.90. The monoisotopic (exact) mass is 437 g/mol. The molecule has 5 heteroatoms.